The summed E-state index contributed by atoms with van der Waals surface area (Å²) in [5.41, 5.74) is 1.04. The molecule has 0 saturated carbocycles. The first-order chi connectivity index (χ1) is 6.20. The number of halogens is 1. The van der Waals surface area contributed by atoms with E-state index in [1.54, 1.807) is 0 Å². The van der Waals surface area contributed by atoms with Crippen LogP contribution < -0.4 is 10.6 Å². The number of rotatable bonds is 0. The minimum absolute atomic E-state index is 0.115. The van der Waals surface area contributed by atoms with E-state index in [0.29, 0.717) is 0 Å². The fourth-order valence-corrected chi connectivity index (χ4v) is 1.75. The predicted molar refractivity (Wildman–Crippen MR) is 54.0 cm³/mol. The zero-order valence-corrected chi connectivity index (χ0v) is 8.71. The molecule has 1 aliphatic rings. The van der Waals surface area contributed by atoms with Crippen LogP contribution in [0.4, 0.5) is 0 Å². The summed E-state index contributed by atoms with van der Waals surface area (Å²) in [5, 5.41) is 1.84. The first-order valence-corrected chi connectivity index (χ1v) is 4.94. The summed E-state index contributed by atoms with van der Waals surface area (Å²) >= 11 is 3.31. The van der Waals surface area contributed by atoms with Gasteiger partial charge in [-0.15, -0.1) is 0 Å². The van der Waals surface area contributed by atoms with E-state index in [-0.39, 0.29) is 10.7 Å². The second-order valence-corrected chi connectivity index (χ2v) is 3.93. The van der Waals surface area contributed by atoms with E-state index in [0.717, 1.165) is 16.1 Å². The minimum Gasteiger partial charge on any atom is -0.271 e. The summed E-state index contributed by atoms with van der Waals surface area (Å²) in [7, 11) is 0. The van der Waals surface area contributed by atoms with Crippen LogP contribution in [0.15, 0.2) is 29.3 Å². The number of carbonyl (C=O) groups excluding carboxylic acids is 1. The van der Waals surface area contributed by atoms with Crippen molar-refractivity contribution in [1.82, 2.24) is 0 Å². The van der Waals surface area contributed by atoms with Gasteiger partial charge in [-0.25, -0.2) is 4.99 Å². The molecule has 3 heteroatoms. The fourth-order valence-electron chi connectivity index (χ4n) is 1.40. The zero-order chi connectivity index (χ0) is 9.42. The molecule has 1 atom stereocenters. The Hall–Kier alpha value is -0.960. The second-order valence-electron chi connectivity index (χ2n) is 3.01. The summed E-state index contributed by atoms with van der Waals surface area (Å²) in [6.07, 6.45) is 0. The summed E-state index contributed by atoms with van der Waals surface area (Å²) in [5.74, 6) is -0.115. The number of alkyl halides is 1. The van der Waals surface area contributed by atoms with Crippen LogP contribution in [0.2, 0.25) is 0 Å². The van der Waals surface area contributed by atoms with Gasteiger partial charge in [0.15, 0.2) is 0 Å². The SMILES string of the molecule is CC1=c2ccccc2=NC(=O)C1Br. The predicted octanol–water partition coefficient (Wildman–Crippen LogP) is 0.780. The van der Waals surface area contributed by atoms with Gasteiger partial charge in [0.1, 0.15) is 4.83 Å². The summed E-state index contributed by atoms with van der Waals surface area (Å²) in [6.45, 7) is 1.95. The molecule has 1 aromatic carbocycles. The van der Waals surface area contributed by atoms with Crippen LogP contribution in [-0.2, 0) is 4.79 Å². The van der Waals surface area contributed by atoms with E-state index >= 15 is 0 Å². The maximum absolute atomic E-state index is 11.3. The molecule has 2 nitrogen and oxygen atoms in total. The maximum Gasteiger partial charge on any atom is 0.264 e. The Morgan fingerprint density at radius 2 is 2.08 bits per heavy atom. The lowest BCUT2D eigenvalue weighted by Gasteiger charge is -2.10. The van der Waals surface area contributed by atoms with Crippen molar-refractivity contribution < 1.29 is 4.79 Å². The third kappa shape index (κ3) is 1.33. The number of amides is 1. The van der Waals surface area contributed by atoms with E-state index in [9.17, 15) is 4.79 Å². The van der Waals surface area contributed by atoms with Crippen LogP contribution in [0.5, 0.6) is 0 Å². The monoisotopic (exact) mass is 237 g/mol. The summed E-state index contributed by atoms with van der Waals surface area (Å²) in [4.78, 5) is 15.1. The minimum atomic E-state index is -0.248. The molecule has 0 fully saturated rings. The van der Waals surface area contributed by atoms with E-state index in [4.69, 9.17) is 0 Å². The topological polar surface area (TPSA) is 29.4 Å². The van der Waals surface area contributed by atoms with Crippen molar-refractivity contribution in [2.45, 2.75) is 11.8 Å². The molecular formula is C10H8BrNO. The molecule has 0 aliphatic carbocycles. The van der Waals surface area contributed by atoms with Gasteiger partial charge < -0.3 is 0 Å². The standard InChI is InChI=1S/C10H8BrNO/c1-6-7-4-2-3-5-8(7)12-10(13)9(6)11/h2-5,9H,1H3. The van der Waals surface area contributed by atoms with E-state index in [2.05, 4.69) is 20.9 Å². The molecule has 1 heterocycles. The highest BCUT2D eigenvalue weighted by Crippen LogP contribution is 2.14. The van der Waals surface area contributed by atoms with Gasteiger partial charge in [-0.1, -0.05) is 34.1 Å². The van der Waals surface area contributed by atoms with Crippen molar-refractivity contribution in [2.24, 2.45) is 4.99 Å². The van der Waals surface area contributed by atoms with Gasteiger partial charge in [0.05, 0.1) is 5.36 Å². The average molecular weight is 238 g/mol. The molecule has 1 amide bonds. The Morgan fingerprint density at radius 3 is 2.85 bits per heavy atom. The lowest BCUT2D eigenvalue weighted by Crippen LogP contribution is -2.36. The Balaban J connectivity index is 2.89. The number of para-hydroxylation sites is 1. The molecule has 0 N–H and O–H groups in total. The number of carbonyl (C=O) groups is 1. The molecule has 1 aliphatic heterocycles. The molecule has 1 unspecified atom stereocenters. The number of hydrogen-bond donors (Lipinski definition) is 0. The highest BCUT2D eigenvalue weighted by Gasteiger charge is 2.19. The van der Waals surface area contributed by atoms with Crippen molar-refractivity contribution in [3.8, 4) is 0 Å². The first kappa shape index (κ1) is 8.63. The smallest absolute Gasteiger partial charge is 0.264 e. The third-order valence-electron chi connectivity index (χ3n) is 2.16. The molecule has 0 bridgehead atoms. The Morgan fingerprint density at radius 1 is 1.38 bits per heavy atom. The highest BCUT2D eigenvalue weighted by atomic mass is 79.9. The third-order valence-corrected chi connectivity index (χ3v) is 3.23. The van der Waals surface area contributed by atoms with Gasteiger partial charge in [0.2, 0.25) is 0 Å². The number of hydrogen-bond acceptors (Lipinski definition) is 1. The molecule has 1 aromatic rings. The zero-order valence-electron chi connectivity index (χ0n) is 7.12. The van der Waals surface area contributed by atoms with Gasteiger partial charge >= 0.3 is 0 Å². The molecule has 2 rings (SSSR count). The average Bonchev–Trinajstić information content (AvgIpc) is 2.15. The molecule has 0 spiro atoms. The summed E-state index contributed by atoms with van der Waals surface area (Å²) < 4.78 is 0. The van der Waals surface area contributed by atoms with Crippen LogP contribution in [0.25, 0.3) is 5.57 Å². The van der Waals surface area contributed by atoms with Crippen LogP contribution in [0, 0.1) is 0 Å². The molecule has 0 aromatic heterocycles. The lowest BCUT2D eigenvalue weighted by atomic mass is 10.1. The largest absolute Gasteiger partial charge is 0.271 e. The van der Waals surface area contributed by atoms with Crippen molar-refractivity contribution in [2.75, 3.05) is 0 Å². The van der Waals surface area contributed by atoms with E-state index < -0.39 is 0 Å². The summed E-state index contributed by atoms with van der Waals surface area (Å²) in [6, 6.07) is 7.68. The molecular weight excluding hydrogens is 230 g/mol. The number of nitrogens with zero attached hydrogens (tertiary/aromatic N) is 1. The molecule has 66 valence electrons. The van der Waals surface area contributed by atoms with Gasteiger partial charge in [-0.2, -0.15) is 0 Å². The Bertz CT molecular complexity index is 478. The maximum atomic E-state index is 11.3. The van der Waals surface area contributed by atoms with Crippen molar-refractivity contribution >= 4 is 27.4 Å². The van der Waals surface area contributed by atoms with Crippen molar-refractivity contribution in [1.29, 1.82) is 0 Å². The normalized spacial score (nSPS) is 20.9. The first-order valence-electron chi connectivity index (χ1n) is 4.02. The van der Waals surface area contributed by atoms with Crippen molar-refractivity contribution in [3.63, 3.8) is 0 Å². The quantitative estimate of drug-likeness (QED) is 0.614. The second kappa shape index (κ2) is 3.07. The van der Waals surface area contributed by atoms with E-state index in [1.807, 2.05) is 31.2 Å². The van der Waals surface area contributed by atoms with Crippen LogP contribution in [0.3, 0.4) is 0 Å². The van der Waals surface area contributed by atoms with Crippen LogP contribution >= 0.6 is 15.9 Å². The number of benzene rings is 1. The molecule has 13 heavy (non-hydrogen) atoms. The van der Waals surface area contributed by atoms with E-state index in [1.165, 1.54) is 0 Å². The number of fused-ring (bicyclic) bond motifs is 1. The Labute approximate surface area is 84.1 Å². The van der Waals surface area contributed by atoms with Crippen LogP contribution in [-0.4, -0.2) is 10.7 Å². The molecule has 0 radical (unpaired) electrons. The fraction of sp³-hybridized carbons (Fsp3) is 0.200. The van der Waals surface area contributed by atoms with Gasteiger partial charge in [0, 0.05) is 5.22 Å². The van der Waals surface area contributed by atoms with Crippen LogP contribution in [0.1, 0.15) is 6.92 Å². The van der Waals surface area contributed by atoms with Gasteiger partial charge in [0.25, 0.3) is 5.91 Å². The lowest BCUT2D eigenvalue weighted by molar-refractivity contribution is -0.116. The van der Waals surface area contributed by atoms with Gasteiger partial charge in [-0.3, -0.25) is 4.79 Å². The highest BCUT2D eigenvalue weighted by molar-refractivity contribution is 9.10. The van der Waals surface area contributed by atoms with Gasteiger partial charge in [-0.05, 0) is 18.6 Å². The Kier molecular flexibility index (Phi) is 2.04. The molecule has 0 saturated heterocycles. The van der Waals surface area contributed by atoms with Crippen molar-refractivity contribution in [3.05, 3.63) is 34.8 Å².